The molecule has 6 nitrogen and oxygen atoms in total. The Labute approximate surface area is 169 Å². The number of furan rings is 1. The van der Waals surface area contributed by atoms with Gasteiger partial charge in [-0.25, -0.2) is 0 Å². The monoisotopic (exact) mass is 389 g/mol. The topological polar surface area (TPSA) is 88.9 Å². The van der Waals surface area contributed by atoms with Gasteiger partial charge in [0.15, 0.2) is 0 Å². The largest absolute Gasteiger partial charge is 0.472 e. The van der Waals surface area contributed by atoms with Crippen LogP contribution in [0.15, 0.2) is 82.6 Å². The van der Waals surface area contributed by atoms with Crippen molar-refractivity contribution in [3.8, 4) is 0 Å². The number of aliphatic imine (C=N–C) groups is 1. The van der Waals surface area contributed by atoms with Crippen LogP contribution in [0.1, 0.15) is 23.1 Å². The molecular formula is C23H23N3O3. The third kappa shape index (κ3) is 5.19. The number of primary amides is 1. The zero-order chi connectivity index (χ0) is 20.6. The lowest BCUT2D eigenvalue weighted by Gasteiger charge is -2.17. The maximum atomic E-state index is 12.0. The van der Waals surface area contributed by atoms with E-state index in [2.05, 4.69) is 4.99 Å². The fourth-order valence-electron chi connectivity index (χ4n) is 2.98. The smallest absolute Gasteiger partial charge is 0.248 e. The van der Waals surface area contributed by atoms with E-state index in [4.69, 9.17) is 10.2 Å². The van der Waals surface area contributed by atoms with Crippen LogP contribution in [0.4, 0.5) is 5.69 Å². The summed E-state index contributed by atoms with van der Waals surface area (Å²) in [7, 11) is 1.80. The molecule has 6 heteroatoms. The van der Waals surface area contributed by atoms with Crippen LogP contribution in [0.5, 0.6) is 0 Å². The third-order valence-electron chi connectivity index (χ3n) is 4.55. The Balaban J connectivity index is 0.000000204. The molecule has 4 rings (SSSR count). The van der Waals surface area contributed by atoms with E-state index in [1.54, 1.807) is 24.5 Å². The van der Waals surface area contributed by atoms with Gasteiger partial charge in [-0.3, -0.25) is 14.6 Å². The van der Waals surface area contributed by atoms with Crippen LogP contribution in [0.25, 0.3) is 0 Å². The van der Waals surface area contributed by atoms with Gasteiger partial charge in [-0.05, 0) is 24.1 Å². The molecule has 2 amide bonds. The number of carbonyl (C=O) groups is 2. The standard InChI is InChI=1S/C16H14N2O.C7H9NO2/c1-18-14-10-6-5-9-13(14)16(17-11-15(18)19)12-7-3-2-4-8-12;8-7(9)2-1-6-3-4-10-5-6/h2-10H,11H2,1H3;3-5H,1-2H2,(H2,8,9). The molecule has 0 saturated carbocycles. The number of amides is 2. The SMILES string of the molecule is CN1C(=O)CN=C(c2ccccc2)c2ccccc21.NC(=O)CCc1ccoc1. The summed E-state index contributed by atoms with van der Waals surface area (Å²) in [5, 5.41) is 0. The minimum absolute atomic E-state index is 0.0124. The zero-order valence-corrected chi connectivity index (χ0v) is 16.2. The highest BCUT2D eigenvalue weighted by Gasteiger charge is 2.21. The van der Waals surface area contributed by atoms with E-state index >= 15 is 0 Å². The second kappa shape index (κ2) is 9.50. The molecule has 0 atom stereocenters. The summed E-state index contributed by atoms with van der Waals surface area (Å²) in [5.74, 6) is -0.264. The average Bonchev–Trinajstić information content (AvgIpc) is 3.23. The number of nitrogens with zero attached hydrogens (tertiary/aromatic N) is 2. The van der Waals surface area contributed by atoms with Crippen LogP contribution >= 0.6 is 0 Å². The van der Waals surface area contributed by atoms with Gasteiger partial charge in [0.2, 0.25) is 11.8 Å². The Bertz CT molecular complexity index is 995. The van der Waals surface area contributed by atoms with Crippen LogP contribution < -0.4 is 10.6 Å². The number of rotatable bonds is 4. The number of anilines is 1. The minimum atomic E-state index is -0.277. The summed E-state index contributed by atoms with van der Waals surface area (Å²) in [6, 6.07) is 19.7. The van der Waals surface area contributed by atoms with Crippen molar-refractivity contribution in [3.05, 3.63) is 89.9 Å². The van der Waals surface area contributed by atoms with Crippen molar-refractivity contribution < 1.29 is 14.0 Å². The number of fused-ring (bicyclic) bond motifs is 1. The summed E-state index contributed by atoms with van der Waals surface area (Å²) < 4.78 is 4.79. The summed E-state index contributed by atoms with van der Waals surface area (Å²) in [6.07, 6.45) is 4.25. The number of carbonyl (C=O) groups excluding carboxylic acids is 2. The van der Waals surface area contributed by atoms with Crippen LogP contribution in [0.2, 0.25) is 0 Å². The van der Waals surface area contributed by atoms with E-state index in [-0.39, 0.29) is 18.4 Å². The van der Waals surface area contributed by atoms with Gasteiger partial charge in [0.1, 0.15) is 6.54 Å². The van der Waals surface area contributed by atoms with Crippen LogP contribution in [0.3, 0.4) is 0 Å². The van der Waals surface area contributed by atoms with E-state index in [1.807, 2.05) is 60.7 Å². The molecule has 0 fully saturated rings. The molecule has 2 heterocycles. The molecule has 0 aliphatic carbocycles. The highest BCUT2D eigenvalue weighted by atomic mass is 16.3. The molecule has 1 aliphatic heterocycles. The van der Waals surface area contributed by atoms with Gasteiger partial charge in [-0.1, -0.05) is 48.5 Å². The van der Waals surface area contributed by atoms with Gasteiger partial charge in [-0.15, -0.1) is 0 Å². The quantitative estimate of drug-likeness (QED) is 0.743. The van der Waals surface area contributed by atoms with Gasteiger partial charge in [0, 0.05) is 24.6 Å². The first-order chi connectivity index (χ1) is 14.1. The van der Waals surface area contributed by atoms with Crippen molar-refractivity contribution in [1.82, 2.24) is 0 Å². The Morgan fingerprint density at radius 2 is 1.83 bits per heavy atom. The number of benzodiazepines with no additional fused rings is 1. The van der Waals surface area contributed by atoms with E-state index < -0.39 is 0 Å². The van der Waals surface area contributed by atoms with Crippen LogP contribution in [-0.4, -0.2) is 31.1 Å². The van der Waals surface area contributed by atoms with E-state index in [9.17, 15) is 9.59 Å². The van der Waals surface area contributed by atoms with Gasteiger partial charge in [-0.2, -0.15) is 0 Å². The number of nitrogens with two attached hydrogens (primary N) is 1. The molecule has 1 aromatic heterocycles. The number of hydrogen-bond acceptors (Lipinski definition) is 4. The van der Waals surface area contributed by atoms with Crippen LogP contribution in [-0.2, 0) is 16.0 Å². The molecule has 2 aromatic carbocycles. The maximum absolute atomic E-state index is 12.0. The van der Waals surface area contributed by atoms with Gasteiger partial charge < -0.3 is 15.1 Å². The number of benzene rings is 2. The lowest BCUT2D eigenvalue weighted by atomic mass is 10.0. The molecule has 148 valence electrons. The Morgan fingerprint density at radius 3 is 2.52 bits per heavy atom. The van der Waals surface area contributed by atoms with Crippen molar-refractivity contribution in [3.63, 3.8) is 0 Å². The number of aryl methyl sites for hydroxylation is 1. The number of likely N-dealkylation sites (N-methyl/N-ethyl adjacent to an activating group) is 1. The van der Waals surface area contributed by atoms with Crippen molar-refractivity contribution in [2.75, 3.05) is 18.5 Å². The number of para-hydroxylation sites is 1. The first-order valence-corrected chi connectivity index (χ1v) is 9.31. The third-order valence-corrected chi connectivity index (χ3v) is 4.55. The molecule has 0 spiro atoms. The molecular weight excluding hydrogens is 366 g/mol. The normalized spacial score (nSPS) is 12.9. The second-order valence-electron chi connectivity index (χ2n) is 6.60. The fourth-order valence-corrected chi connectivity index (χ4v) is 2.98. The highest BCUT2D eigenvalue weighted by Crippen LogP contribution is 2.25. The average molecular weight is 389 g/mol. The fraction of sp³-hybridized carbons (Fsp3) is 0.174. The first kappa shape index (κ1) is 20.1. The molecule has 3 aromatic rings. The molecule has 0 bridgehead atoms. The van der Waals surface area contributed by atoms with Crippen molar-refractivity contribution in [2.45, 2.75) is 12.8 Å². The zero-order valence-electron chi connectivity index (χ0n) is 16.2. The molecule has 0 radical (unpaired) electrons. The lowest BCUT2D eigenvalue weighted by Crippen LogP contribution is -2.27. The van der Waals surface area contributed by atoms with Crippen LogP contribution in [0, 0.1) is 0 Å². The molecule has 0 unspecified atom stereocenters. The number of hydrogen-bond donors (Lipinski definition) is 1. The van der Waals surface area contributed by atoms with E-state index in [0.717, 1.165) is 28.1 Å². The lowest BCUT2D eigenvalue weighted by molar-refractivity contribution is -0.118. The van der Waals surface area contributed by atoms with Gasteiger partial charge in [0.05, 0.1) is 23.9 Å². The summed E-state index contributed by atoms with van der Waals surface area (Å²) in [4.78, 5) is 28.4. The van der Waals surface area contributed by atoms with E-state index in [0.29, 0.717) is 12.8 Å². The van der Waals surface area contributed by atoms with Crippen molar-refractivity contribution in [2.24, 2.45) is 10.7 Å². The summed E-state index contributed by atoms with van der Waals surface area (Å²) in [5.41, 5.74) is 9.79. The predicted octanol–water partition coefficient (Wildman–Crippen LogP) is 3.20. The Hall–Kier alpha value is -3.67. The summed E-state index contributed by atoms with van der Waals surface area (Å²) in [6.45, 7) is 0.190. The minimum Gasteiger partial charge on any atom is -0.472 e. The van der Waals surface area contributed by atoms with Crippen molar-refractivity contribution >= 4 is 23.2 Å². The summed E-state index contributed by atoms with van der Waals surface area (Å²) >= 11 is 0. The molecule has 1 aliphatic rings. The second-order valence-corrected chi connectivity index (χ2v) is 6.60. The van der Waals surface area contributed by atoms with E-state index in [1.165, 1.54) is 0 Å². The molecule has 2 N–H and O–H groups in total. The predicted molar refractivity (Wildman–Crippen MR) is 113 cm³/mol. The molecule has 29 heavy (non-hydrogen) atoms. The first-order valence-electron chi connectivity index (χ1n) is 9.31. The Morgan fingerprint density at radius 1 is 1.10 bits per heavy atom. The van der Waals surface area contributed by atoms with Crippen molar-refractivity contribution in [1.29, 1.82) is 0 Å². The Kier molecular flexibility index (Phi) is 6.58. The highest BCUT2D eigenvalue weighted by molar-refractivity contribution is 6.19. The molecule has 0 saturated heterocycles. The maximum Gasteiger partial charge on any atom is 0.248 e. The van der Waals surface area contributed by atoms with Gasteiger partial charge >= 0.3 is 0 Å². The van der Waals surface area contributed by atoms with Gasteiger partial charge in [0.25, 0.3) is 0 Å².